The van der Waals surface area contributed by atoms with Crippen LogP contribution in [0.1, 0.15) is 16.9 Å². The molecule has 1 amide bonds. The van der Waals surface area contributed by atoms with Crippen molar-refractivity contribution in [2.24, 2.45) is 0 Å². The predicted molar refractivity (Wildman–Crippen MR) is 48.6 cm³/mol. The van der Waals surface area contributed by atoms with Crippen molar-refractivity contribution in [3.63, 3.8) is 0 Å². The molecule has 2 rings (SSSR count). The zero-order chi connectivity index (χ0) is 9.26. The molecule has 0 radical (unpaired) electrons. The highest BCUT2D eigenvalue weighted by molar-refractivity contribution is 7.07. The van der Waals surface area contributed by atoms with Crippen LogP contribution in [-0.2, 0) is 0 Å². The summed E-state index contributed by atoms with van der Waals surface area (Å²) in [5, 5.41) is 11.0. The maximum absolute atomic E-state index is 11.6. The van der Waals surface area contributed by atoms with E-state index in [0.29, 0.717) is 25.2 Å². The Morgan fingerprint density at radius 3 is 3.15 bits per heavy atom. The van der Waals surface area contributed by atoms with Crippen molar-refractivity contribution in [1.29, 1.82) is 0 Å². The average Bonchev–Trinajstić information content (AvgIpc) is 2.72. The molecule has 1 aromatic heterocycles. The Labute approximate surface area is 79.8 Å². The Morgan fingerprint density at radius 2 is 2.62 bits per heavy atom. The molecular weight excluding hydrogens is 188 g/mol. The Kier molecular flexibility index (Phi) is 2.28. The number of amides is 1. The minimum absolute atomic E-state index is 0.0715. The van der Waals surface area contributed by atoms with Gasteiger partial charge in [-0.05, 0) is 6.42 Å². The number of hydrogen-bond donors (Lipinski definition) is 1. The summed E-state index contributed by atoms with van der Waals surface area (Å²) in [4.78, 5) is 17.2. The SMILES string of the molecule is O=C(c1cscn1)N1CC[C@H](O)C1. The van der Waals surface area contributed by atoms with E-state index in [9.17, 15) is 9.90 Å². The lowest BCUT2D eigenvalue weighted by Crippen LogP contribution is -2.29. The molecule has 2 heterocycles. The Bertz CT molecular complexity index is 299. The van der Waals surface area contributed by atoms with Gasteiger partial charge in [-0.2, -0.15) is 0 Å². The highest BCUT2D eigenvalue weighted by Crippen LogP contribution is 2.13. The monoisotopic (exact) mass is 198 g/mol. The summed E-state index contributed by atoms with van der Waals surface area (Å²) in [5.74, 6) is -0.0715. The van der Waals surface area contributed by atoms with Gasteiger partial charge in [0.25, 0.3) is 5.91 Å². The largest absolute Gasteiger partial charge is 0.391 e. The standard InChI is InChI=1S/C8H10N2O2S/c11-6-1-2-10(3-6)8(12)7-4-13-5-9-7/h4-6,11H,1-3H2/t6-/m0/s1. The number of carbonyl (C=O) groups excluding carboxylic acids is 1. The lowest BCUT2D eigenvalue weighted by Gasteiger charge is -2.13. The number of β-amino-alcohol motifs (C(OH)–C–C–N with tert-alkyl or cyclic N) is 1. The first-order valence-corrected chi connectivity index (χ1v) is 5.07. The molecule has 1 fully saturated rings. The molecular formula is C8H10N2O2S. The molecule has 0 unspecified atom stereocenters. The number of aliphatic hydroxyl groups excluding tert-OH is 1. The molecule has 1 aromatic rings. The molecule has 0 bridgehead atoms. The van der Waals surface area contributed by atoms with Gasteiger partial charge in [0.05, 0.1) is 11.6 Å². The fourth-order valence-electron chi connectivity index (χ4n) is 1.41. The van der Waals surface area contributed by atoms with Gasteiger partial charge in [-0.1, -0.05) is 0 Å². The molecule has 1 aliphatic rings. The second-order valence-corrected chi connectivity index (χ2v) is 3.79. The topological polar surface area (TPSA) is 53.4 Å². The number of rotatable bonds is 1. The zero-order valence-corrected chi connectivity index (χ0v) is 7.83. The molecule has 1 aliphatic heterocycles. The summed E-state index contributed by atoms with van der Waals surface area (Å²) >= 11 is 1.41. The Morgan fingerprint density at radius 1 is 1.77 bits per heavy atom. The van der Waals surface area contributed by atoms with E-state index in [-0.39, 0.29) is 12.0 Å². The number of thiazole rings is 1. The quantitative estimate of drug-likeness (QED) is 0.708. The van der Waals surface area contributed by atoms with Crippen LogP contribution in [0.15, 0.2) is 10.9 Å². The third-order valence-corrected chi connectivity index (χ3v) is 2.69. The number of carbonyl (C=O) groups is 1. The molecule has 0 spiro atoms. The van der Waals surface area contributed by atoms with Crippen LogP contribution >= 0.6 is 11.3 Å². The molecule has 70 valence electrons. The van der Waals surface area contributed by atoms with E-state index in [1.54, 1.807) is 15.8 Å². The summed E-state index contributed by atoms with van der Waals surface area (Å²) in [6, 6.07) is 0. The summed E-state index contributed by atoms with van der Waals surface area (Å²) in [6.07, 6.45) is 0.318. The summed E-state index contributed by atoms with van der Waals surface area (Å²) < 4.78 is 0. The van der Waals surface area contributed by atoms with E-state index in [1.807, 2.05) is 0 Å². The molecule has 0 saturated carbocycles. The average molecular weight is 198 g/mol. The number of likely N-dealkylation sites (tertiary alicyclic amines) is 1. The maximum atomic E-state index is 11.6. The van der Waals surface area contributed by atoms with Crippen LogP contribution in [0.2, 0.25) is 0 Å². The summed E-state index contributed by atoms with van der Waals surface area (Å²) in [7, 11) is 0. The van der Waals surface area contributed by atoms with Crippen LogP contribution in [0.4, 0.5) is 0 Å². The van der Waals surface area contributed by atoms with Gasteiger partial charge in [-0.25, -0.2) is 4.98 Å². The maximum Gasteiger partial charge on any atom is 0.273 e. The molecule has 0 aliphatic carbocycles. The van der Waals surface area contributed by atoms with Crippen molar-refractivity contribution in [3.05, 3.63) is 16.6 Å². The number of aliphatic hydroxyl groups is 1. The third-order valence-electron chi connectivity index (χ3n) is 2.10. The fraction of sp³-hybridized carbons (Fsp3) is 0.500. The number of aromatic nitrogens is 1. The van der Waals surface area contributed by atoms with Crippen molar-refractivity contribution >= 4 is 17.2 Å². The first-order valence-electron chi connectivity index (χ1n) is 4.13. The predicted octanol–water partition coefficient (Wildman–Crippen LogP) is 0.350. The van der Waals surface area contributed by atoms with E-state index < -0.39 is 0 Å². The minimum Gasteiger partial charge on any atom is -0.391 e. The lowest BCUT2D eigenvalue weighted by atomic mass is 10.3. The second-order valence-electron chi connectivity index (χ2n) is 3.07. The van der Waals surface area contributed by atoms with Gasteiger partial charge in [0.1, 0.15) is 5.69 Å². The summed E-state index contributed by atoms with van der Waals surface area (Å²) in [5.41, 5.74) is 2.12. The van der Waals surface area contributed by atoms with Crippen molar-refractivity contribution in [3.8, 4) is 0 Å². The van der Waals surface area contributed by atoms with Crippen LogP contribution in [0.25, 0.3) is 0 Å². The number of nitrogens with zero attached hydrogens (tertiary/aromatic N) is 2. The first-order chi connectivity index (χ1) is 6.27. The molecule has 13 heavy (non-hydrogen) atoms. The molecule has 1 atom stereocenters. The molecule has 5 heteroatoms. The van der Waals surface area contributed by atoms with Crippen molar-refractivity contribution in [1.82, 2.24) is 9.88 Å². The fourth-order valence-corrected chi connectivity index (χ4v) is 1.93. The molecule has 1 N–H and O–H groups in total. The Balaban J connectivity index is 2.06. The van der Waals surface area contributed by atoms with Gasteiger partial charge in [-0.15, -0.1) is 11.3 Å². The highest BCUT2D eigenvalue weighted by atomic mass is 32.1. The van der Waals surface area contributed by atoms with Gasteiger partial charge in [0.2, 0.25) is 0 Å². The Hall–Kier alpha value is -0.940. The van der Waals surface area contributed by atoms with Crippen molar-refractivity contribution in [2.75, 3.05) is 13.1 Å². The van der Waals surface area contributed by atoms with Crippen LogP contribution in [-0.4, -0.2) is 40.1 Å². The zero-order valence-electron chi connectivity index (χ0n) is 7.01. The summed E-state index contributed by atoms with van der Waals surface area (Å²) in [6.45, 7) is 1.08. The second kappa shape index (κ2) is 3.43. The van der Waals surface area contributed by atoms with E-state index >= 15 is 0 Å². The normalized spacial score (nSPS) is 22.2. The van der Waals surface area contributed by atoms with E-state index in [1.165, 1.54) is 11.3 Å². The lowest BCUT2D eigenvalue weighted by molar-refractivity contribution is 0.0760. The van der Waals surface area contributed by atoms with Gasteiger partial charge in [-0.3, -0.25) is 4.79 Å². The minimum atomic E-state index is -0.359. The first kappa shape index (κ1) is 8.65. The number of hydrogen-bond acceptors (Lipinski definition) is 4. The van der Waals surface area contributed by atoms with Gasteiger partial charge >= 0.3 is 0 Å². The van der Waals surface area contributed by atoms with Gasteiger partial charge in [0.15, 0.2) is 0 Å². The van der Waals surface area contributed by atoms with E-state index in [2.05, 4.69) is 4.98 Å². The molecule has 0 aromatic carbocycles. The highest BCUT2D eigenvalue weighted by Gasteiger charge is 2.25. The van der Waals surface area contributed by atoms with Crippen molar-refractivity contribution < 1.29 is 9.90 Å². The smallest absolute Gasteiger partial charge is 0.273 e. The van der Waals surface area contributed by atoms with Crippen LogP contribution in [0, 0.1) is 0 Å². The van der Waals surface area contributed by atoms with Crippen LogP contribution < -0.4 is 0 Å². The van der Waals surface area contributed by atoms with E-state index in [0.717, 1.165) is 0 Å². The van der Waals surface area contributed by atoms with Gasteiger partial charge in [0, 0.05) is 18.5 Å². The van der Waals surface area contributed by atoms with Crippen molar-refractivity contribution in [2.45, 2.75) is 12.5 Å². The van der Waals surface area contributed by atoms with Gasteiger partial charge < -0.3 is 10.0 Å². The van der Waals surface area contributed by atoms with Crippen LogP contribution in [0.3, 0.4) is 0 Å². The van der Waals surface area contributed by atoms with E-state index in [4.69, 9.17) is 0 Å². The van der Waals surface area contributed by atoms with Crippen LogP contribution in [0.5, 0.6) is 0 Å². The molecule has 4 nitrogen and oxygen atoms in total. The molecule has 1 saturated heterocycles. The third kappa shape index (κ3) is 1.71.